The Kier molecular flexibility index (Phi) is 4.24. The Morgan fingerprint density at radius 3 is 2.79 bits per heavy atom. The quantitative estimate of drug-likeness (QED) is 0.509. The van der Waals surface area contributed by atoms with Gasteiger partial charge in [-0.05, 0) is 32.4 Å². The number of hydrogen-bond donors (Lipinski definition) is 0. The third kappa shape index (κ3) is 3.87. The Hall–Kier alpha value is -0.240. The van der Waals surface area contributed by atoms with Crippen LogP contribution >= 0.6 is 10.7 Å². The van der Waals surface area contributed by atoms with Crippen molar-refractivity contribution in [1.82, 2.24) is 4.90 Å². The Bertz CT molecular complexity index is 342. The number of likely N-dealkylation sites (tertiary alicyclic amines) is 1. The minimum absolute atomic E-state index is 0.0577. The highest BCUT2D eigenvalue weighted by Gasteiger charge is 2.18. The van der Waals surface area contributed by atoms with Crippen LogP contribution in [0.4, 0.5) is 0 Å². The summed E-state index contributed by atoms with van der Waals surface area (Å²) in [5.41, 5.74) is 0. The molecule has 1 rings (SSSR count). The Balaban J connectivity index is 2.69. The van der Waals surface area contributed by atoms with E-state index in [1.54, 1.807) is 0 Å². The molecule has 0 radical (unpaired) electrons. The van der Waals surface area contributed by atoms with Gasteiger partial charge in [-0.2, -0.15) is 8.42 Å². The lowest BCUT2D eigenvalue weighted by atomic mass is 10.0. The summed E-state index contributed by atoms with van der Waals surface area (Å²) in [6.07, 6.45) is 3.21. The van der Waals surface area contributed by atoms with E-state index in [2.05, 4.69) is 23.0 Å². The van der Waals surface area contributed by atoms with Crippen LogP contribution in [0.5, 0.6) is 0 Å². The van der Waals surface area contributed by atoms with E-state index in [0.717, 1.165) is 25.9 Å². The van der Waals surface area contributed by atoms with E-state index in [-0.39, 0.29) is 6.04 Å². The van der Waals surface area contributed by atoms with Crippen molar-refractivity contribution < 1.29 is 8.42 Å². The van der Waals surface area contributed by atoms with E-state index >= 15 is 0 Å². The third-order valence-corrected chi connectivity index (χ3v) is 2.96. The molecule has 0 aromatic carbocycles. The van der Waals surface area contributed by atoms with Crippen LogP contribution in [0.25, 0.3) is 0 Å². The summed E-state index contributed by atoms with van der Waals surface area (Å²) in [6.45, 7) is 3.95. The smallest absolute Gasteiger partial charge is 0.290 e. The van der Waals surface area contributed by atoms with Crippen molar-refractivity contribution in [2.24, 2.45) is 0 Å². The molecule has 0 N–H and O–H groups in total. The van der Waals surface area contributed by atoms with Crippen molar-refractivity contribution in [3.8, 4) is 11.2 Å². The summed E-state index contributed by atoms with van der Waals surface area (Å²) in [5.74, 6) is 2.72. The first kappa shape index (κ1) is 11.8. The number of piperidine rings is 1. The molecule has 0 bridgehead atoms. The standard InChI is InChI=1S/C9H14ClNO2S/c1-2-11-7-4-3-5-9(11)6-8-14(10,12)13/h9H,2-5,7H2,1H3. The highest BCUT2D eigenvalue weighted by Crippen LogP contribution is 2.15. The van der Waals surface area contributed by atoms with Crippen molar-refractivity contribution in [3.05, 3.63) is 0 Å². The van der Waals surface area contributed by atoms with Crippen LogP contribution in [-0.4, -0.2) is 32.4 Å². The van der Waals surface area contributed by atoms with E-state index in [9.17, 15) is 8.42 Å². The fraction of sp³-hybridized carbons (Fsp3) is 0.778. The molecule has 0 aromatic heterocycles. The molecule has 0 aromatic rings. The van der Waals surface area contributed by atoms with E-state index in [1.165, 1.54) is 6.42 Å². The lowest BCUT2D eigenvalue weighted by Gasteiger charge is -2.31. The van der Waals surface area contributed by atoms with Gasteiger partial charge >= 0.3 is 9.05 Å². The third-order valence-electron chi connectivity index (χ3n) is 2.37. The van der Waals surface area contributed by atoms with Crippen molar-refractivity contribution >= 4 is 19.7 Å². The van der Waals surface area contributed by atoms with E-state index in [1.807, 2.05) is 0 Å². The second kappa shape index (κ2) is 5.01. The highest BCUT2D eigenvalue weighted by molar-refractivity contribution is 8.17. The highest BCUT2D eigenvalue weighted by atomic mass is 35.7. The summed E-state index contributed by atoms with van der Waals surface area (Å²) in [6, 6.07) is 0.0577. The lowest BCUT2D eigenvalue weighted by molar-refractivity contribution is 0.196. The zero-order chi connectivity index (χ0) is 10.6. The van der Waals surface area contributed by atoms with Crippen LogP contribution in [0.2, 0.25) is 0 Å². The van der Waals surface area contributed by atoms with Crippen LogP contribution < -0.4 is 0 Å². The van der Waals surface area contributed by atoms with Gasteiger partial charge in [0.25, 0.3) is 0 Å². The molecule has 1 unspecified atom stereocenters. The molecule has 1 aliphatic heterocycles. The average Bonchev–Trinajstić information content (AvgIpc) is 2.14. The summed E-state index contributed by atoms with van der Waals surface area (Å²) in [4.78, 5) is 2.18. The fourth-order valence-corrected chi connectivity index (χ4v) is 2.08. The number of nitrogens with zero attached hydrogens (tertiary/aromatic N) is 1. The molecule has 5 heteroatoms. The number of halogens is 1. The minimum atomic E-state index is -3.67. The predicted molar refractivity (Wildman–Crippen MR) is 57.4 cm³/mol. The van der Waals surface area contributed by atoms with Gasteiger partial charge in [-0.25, -0.2) is 0 Å². The molecule has 1 aliphatic rings. The molecule has 1 fully saturated rings. The molecule has 80 valence electrons. The molecule has 0 saturated carbocycles. The molecule has 3 nitrogen and oxygen atoms in total. The molecule has 1 heterocycles. The van der Waals surface area contributed by atoms with Crippen molar-refractivity contribution in [2.75, 3.05) is 13.1 Å². The van der Waals surface area contributed by atoms with Gasteiger partial charge in [0.15, 0.2) is 0 Å². The fourth-order valence-electron chi connectivity index (χ4n) is 1.67. The van der Waals surface area contributed by atoms with Gasteiger partial charge in [-0.1, -0.05) is 12.8 Å². The maximum atomic E-state index is 10.6. The molecule has 1 saturated heterocycles. The summed E-state index contributed by atoms with van der Waals surface area (Å²) >= 11 is 0. The molecule has 0 spiro atoms. The first-order chi connectivity index (χ1) is 6.53. The number of hydrogen-bond acceptors (Lipinski definition) is 3. The van der Waals surface area contributed by atoms with Gasteiger partial charge in [0.05, 0.1) is 6.04 Å². The monoisotopic (exact) mass is 235 g/mol. The lowest BCUT2D eigenvalue weighted by Crippen LogP contribution is -2.38. The van der Waals surface area contributed by atoms with Gasteiger partial charge < -0.3 is 0 Å². The zero-order valence-corrected chi connectivity index (χ0v) is 9.74. The zero-order valence-electron chi connectivity index (χ0n) is 8.16. The van der Waals surface area contributed by atoms with E-state index in [4.69, 9.17) is 10.7 Å². The normalized spacial score (nSPS) is 24.0. The van der Waals surface area contributed by atoms with Crippen molar-refractivity contribution in [1.29, 1.82) is 0 Å². The summed E-state index contributed by atoms with van der Waals surface area (Å²) in [7, 11) is 1.35. The van der Waals surface area contributed by atoms with Gasteiger partial charge in [0.2, 0.25) is 0 Å². The van der Waals surface area contributed by atoms with Gasteiger partial charge in [-0.15, -0.1) is 0 Å². The maximum Gasteiger partial charge on any atom is 0.300 e. The maximum absolute atomic E-state index is 10.6. The molecular formula is C9H14ClNO2S. The average molecular weight is 236 g/mol. The SMILES string of the molecule is CCN1CCCCC1C#CS(=O)(=O)Cl. The van der Waals surface area contributed by atoms with Gasteiger partial charge in [-0.3, -0.25) is 4.90 Å². The molecule has 14 heavy (non-hydrogen) atoms. The van der Waals surface area contributed by atoms with Crippen LogP contribution in [0.3, 0.4) is 0 Å². The molecule has 0 aliphatic carbocycles. The van der Waals surface area contributed by atoms with Crippen LogP contribution in [0.15, 0.2) is 0 Å². The summed E-state index contributed by atoms with van der Waals surface area (Å²) in [5, 5.41) is 2.10. The van der Waals surface area contributed by atoms with Gasteiger partial charge in [0, 0.05) is 15.9 Å². The van der Waals surface area contributed by atoms with Crippen molar-refractivity contribution in [3.63, 3.8) is 0 Å². The summed E-state index contributed by atoms with van der Waals surface area (Å²) < 4.78 is 21.3. The Morgan fingerprint density at radius 1 is 1.50 bits per heavy atom. The predicted octanol–water partition coefficient (Wildman–Crippen LogP) is 1.39. The van der Waals surface area contributed by atoms with Crippen LogP contribution in [0.1, 0.15) is 26.2 Å². The van der Waals surface area contributed by atoms with E-state index in [0.29, 0.717) is 0 Å². The topological polar surface area (TPSA) is 37.4 Å². The first-order valence-electron chi connectivity index (χ1n) is 4.74. The second-order valence-corrected chi connectivity index (χ2v) is 5.62. The molecule has 0 amide bonds. The minimum Gasteiger partial charge on any atom is -0.290 e. The Labute approximate surface area is 89.8 Å². The largest absolute Gasteiger partial charge is 0.300 e. The van der Waals surface area contributed by atoms with Crippen molar-refractivity contribution in [2.45, 2.75) is 32.2 Å². The Morgan fingerprint density at radius 2 is 2.21 bits per heavy atom. The van der Waals surface area contributed by atoms with Crippen LogP contribution in [0, 0.1) is 11.2 Å². The second-order valence-electron chi connectivity index (χ2n) is 3.32. The molecule has 1 atom stereocenters. The van der Waals surface area contributed by atoms with Gasteiger partial charge in [0.1, 0.15) is 0 Å². The molecular weight excluding hydrogens is 222 g/mol. The first-order valence-corrected chi connectivity index (χ1v) is 7.05. The van der Waals surface area contributed by atoms with Crippen LogP contribution in [-0.2, 0) is 9.05 Å². The number of rotatable bonds is 1. The van der Waals surface area contributed by atoms with E-state index < -0.39 is 9.05 Å².